The molecule has 0 bridgehead atoms. The summed E-state index contributed by atoms with van der Waals surface area (Å²) in [4.78, 5) is 8.01. The molecule has 2 unspecified atom stereocenters. The molecule has 4 rings (SSSR count). The van der Waals surface area contributed by atoms with Gasteiger partial charge >= 0.3 is 0 Å². The average molecular weight is 767 g/mol. The first kappa shape index (κ1) is 41.5. The van der Waals surface area contributed by atoms with Gasteiger partial charge in [-0.2, -0.15) is 0 Å². The molecular formula is C36H45F3N4O9S. The lowest BCUT2D eigenvalue weighted by molar-refractivity contribution is -0.118. The second kappa shape index (κ2) is 19.2. The monoisotopic (exact) mass is 766 g/mol. The van der Waals surface area contributed by atoms with E-state index in [1.807, 2.05) is 11.0 Å². The molecule has 0 amide bonds. The Morgan fingerprint density at radius 2 is 1.47 bits per heavy atom. The second-order valence-electron chi connectivity index (χ2n) is 12.1. The maximum atomic E-state index is 15.3. The molecule has 13 nitrogen and oxygen atoms in total. The van der Waals surface area contributed by atoms with Crippen LogP contribution in [0.1, 0.15) is 12.0 Å². The van der Waals surface area contributed by atoms with E-state index in [0.29, 0.717) is 46.8 Å². The van der Waals surface area contributed by atoms with Crippen LogP contribution in [0.4, 0.5) is 24.7 Å². The number of rotatable bonds is 20. The first-order valence-corrected chi connectivity index (χ1v) is 17.4. The number of aliphatic hydroxyl groups excluding tert-OH is 5. The molecule has 0 radical (unpaired) electrons. The normalized spacial score (nSPS) is 13.8. The molecule has 1 aromatic heterocycles. The van der Waals surface area contributed by atoms with Gasteiger partial charge in [-0.1, -0.05) is 11.8 Å². The number of aliphatic hydroxyl groups is 5. The van der Waals surface area contributed by atoms with Crippen molar-refractivity contribution in [1.29, 1.82) is 0 Å². The minimum Gasteiger partial charge on any atom is -0.494 e. The van der Waals surface area contributed by atoms with E-state index in [0.717, 1.165) is 23.9 Å². The first-order chi connectivity index (χ1) is 25.3. The molecule has 0 spiro atoms. The number of hydrogen-bond acceptors (Lipinski definition) is 13. The number of halogens is 3. The molecule has 0 aliphatic heterocycles. The third-order valence-corrected chi connectivity index (χ3v) is 9.42. The van der Waals surface area contributed by atoms with Gasteiger partial charge in [-0.15, -0.1) is 0 Å². The molecule has 4 atom stereocenters. The van der Waals surface area contributed by atoms with Gasteiger partial charge in [0.25, 0.3) is 0 Å². The van der Waals surface area contributed by atoms with Crippen LogP contribution in [0, 0.1) is 17.5 Å². The molecule has 53 heavy (non-hydrogen) atoms. The molecular weight excluding hydrogens is 721 g/mol. The van der Waals surface area contributed by atoms with Crippen molar-refractivity contribution < 1.29 is 57.7 Å². The average Bonchev–Trinajstić information content (AvgIpc) is 3.58. The zero-order valence-electron chi connectivity index (χ0n) is 29.9. The van der Waals surface area contributed by atoms with Crippen LogP contribution in [-0.4, -0.2) is 126 Å². The standard InChI is InChI=1S/C36H45F3N4O9S/c1-41(18-28(45)34(47)35(48)29(46)19-44)11-6-12-52-23-15-26(38)24(27(39)16-23)20-53-36-40-17-33(43(36)22-7-9-25(37)31(14-22)50-4)42(2)21-8-10-30(49-3)32(13-21)51-5/h7-10,13-17,28-29,34-35,44-48H,6,11-12,18-20H2,1-5H3/t28?,29-,34?,35-/m1/s1. The van der Waals surface area contributed by atoms with Crippen LogP contribution >= 0.6 is 11.8 Å². The number of likely N-dealkylation sites (N-methyl/N-ethyl adjacent to an activating group) is 1. The van der Waals surface area contributed by atoms with Crippen molar-refractivity contribution in [3.63, 3.8) is 0 Å². The van der Waals surface area contributed by atoms with E-state index < -0.39 is 48.5 Å². The lowest BCUT2D eigenvalue weighted by atomic mass is 10.0. The van der Waals surface area contributed by atoms with E-state index in [-0.39, 0.29) is 36.0 Å². The highest BCUT2D eigenvalue weighted by molar-refractivity contribution is 7.98. The van der Waals surface area contributed by atoms with E-state index in [9.17, 15) is 24.8 Å². The zero-order chi connectivity index (χ0) is 38.8. The molecule has 1 heterocycles. The Labute approximate surface area is 309 Å². The summed E-state index contributed by atoms with van der Waals surface area (Å²) in [7, 11) is 7.85. The minimum atomic E-state index is -1.73. The molecule has 0 fully saturated rings. The molecule has 4 aromatic rings. The number of anilines is 2. The van der Waals surface area contributed by atoms with Crippen molar-refractivity contribution in [2.75, 3.05) is 66.6 Å². The molecule has 5 N–H and O–H groups in total. The molecule has 17 heteroatoms. The zero-order valence-corrected chi connectivity index (χ0v) is 30.8. The highest BCUT2D eigenvalue weighted by Gasteiger charge is 2.30. The van der Waals surface area contributed by atoms with Crippen LogP contribution in [0.25, 0.3) is 5.69 Å². The Hall–Kier alpha value is -4.23. The second-order valence-corrected chi connectivity index (χ2v) is 13.0. The number of ether oxygens (including phenoxy) is 4. The van der Waals surface area contributed by atoms with Crippen LogP contribution in [0.2, 0.25) is 0 Å². The van der Waals surface area contributed by atoms with Crippen molar-refractivity contribution in [2.45, 2.75) is 41.7 Å². The first-order valence-electron chi connectivity index (χ1n) is 16.5. The third kappa shape index (κ3) is 10.3. The largest absolute Gasteiger partial charge is 0.494 e. The summed E-state index contributed by atoms with van der Waals surface area (Å²) < 4.78 is 68.4. The third-order valence-electron chi connectivity index (χ3n) is 8.44. The predicted octanol–water partition coefficient (Wildman–Crippen LogP) is 3.51. The fourth-order valence-corrected chi connectivity index (χ4v) is 6.41. The Kier molecular flexibility index (Phi) is 15.0. The summed E-state index contributed by atoms with van der Waals surface area (Å²) in [5.74, 6) is -0.797. The van der Waals surface area contributed by atoms with Gasteiger partial charge in [0.2, 0.25) is 0 Å². The highest BCUT2D eigenvalue weighted by atomic mass is 32.2. The van der Waals surface area contributed by atoms with Gasteiger partial charge in [0.05, 0.1) is 52.5 Å². The van der Waals surface area contributed by atoms with E-state index in [2.05, 4.69) is 4.98 Å². The predicted molar refractivity (Wildman–Crippen MR) is 192 cm³/mol. The van der Waals surface area contributed by atoms with Gasteiger partial charge in [0, 0.05) is 61.4 Å². The van der Waals surface area contributed by atoms with Gasteiger partial charge in [0.1, 0.15) is 41.5 Å². The lowest BCUT2D eigenvalue weighted by Crippen LogP contribution is -2.49. The molecule has 290 valence electrons. The number of thioether (sulfide) groups is 1. The number of hydrogen-bond donors (Lipinski definition) is 5. The van der Waals surface area contributed by atoms with E-state index in [4.69, 9.17) is 24.1 Å². The SMILES string of the molecule is COc1cc(-n2c(N(C)c3ccc(OC)c(OC)c3)cnc2SCc2c(F)cc(OCCCN(C)CC(O)C(O)[C@H](O)[C@H](O)CO)cc2F)ccc1F. The molecule has 0 saturated carbocycles. The van der Waals surface area contributed by atoms with E-state index >= 15 is 8.78 Å². The minimum absolute atomic E-state index is 0.00241. The van der Waals surface area contributed by atoms with Gasteiger partial charge < -0.3 is 54.3 Å². The Balaban J connectivity index is 1.46. The van der Waals surface area contributed by atoms with Crippen LogP contribution in [0.3, 0.4) is 0 Å². The number of benzene rings is 3. The maximum absolute atomic E-state index is 15.3. The summed E-state index contributed by atoms with van der Waals surface area (Å²) in [5.41, 5.74) is 0.994. The summed E-state index contributed by atoms with van der Waals surface area (Å²) in [6.45, 7) is -0.402. The quantitative estimate of drug-likeness (QED) is 0.0657. The molecule has 0 aliphatic carbocycles. The summed E-state index contributed by atoms with van der Waals surface area (Å²) in [6.07, 6.45) is -4.45. The highest BCUT2D eigenvalue weighted by Crippen LogP contribution is 2.38. The number of imidazole rings is 1. The number of methoxy groups -OCH3 is 3. The van der Waals surface area contributed by atoms with Gasteiger partial charge in [-0.05, 0) is 37.7 Å². The van der Waals surface area contributed by atoms with E-state index in [1.54, 1.807) is 48.0 Å². The summed E-state index contributed by atoms with van der Waals surface area (Å²) in [5, 5.41) is 48.7. The Morgan fingerprint density at radius 3 is 2.11 bits per heavy atom. The van der Waals surface area contributed by atoms with Gasteiger partial charge in [0.15, 0.2) is 28.2 Å². The van der Waals surface area contributed by atoms with Gasteiger partial charge in [-0.25, -0.2) is 18.2 Å². The summed E-state index contributed by atoms with van der Waals surface area (Å²) >= 11 is 1.07. The van der Waals surface area contributed by atoms with Crippen molar-refractivity contribution in [2.24, 2.45) is 0 Å². The van der Waals surface area contributed by atoms with Crippen molar-refractivity contribution in [3.05, 3.63) is 77.7 Å². The fraction of sp³-hybridized carbons (Fsp3) is 0.417. The Bertz CT molecular complexity index is 1780. The van der Waals surface area contributed by atoms with E-state index in [1.165, 1.54) is 33.5 Å². The van der Waals surface area contributed by atoms with Crippen LogP contribution in [-0.2, 0) is 5.75 Å². The van der Waals surface area contributed by atoms with Crippen LogP contribution in [0.5, 0.6) is 23.0 Å². The molecule has 3 aromatic carbocycles. The van der Waals surface area contributed by atoms with Crippen LogP contribution in [0.15, 0.2) is 59.9 Å². The molecule has 0 saturated heterocycles. The number of nitrogens with zero attached hydrogens (tertiary/aromatic N) is 4. The lowest BCUT2D eigenvalue weighted by Gasteiger charge is -2.28. The summed E-state index contributed by atoms with van der Waals surface area (Å²) in [6, 6.07) is 11.8. The van der Waals surface area contributed by atoms with Crippen molar-refractivity contribution in [3.8, 4) is 28.7 Å². The molecule has 0 aliphatic rings. The van der Waals surface area contributed by atoms with Crippen molar-refractivity contribution in [1.82, 2.24) is 14.5 Å². The fourth-order valence-electron chi connectivity index (χ4n) is 5.40. The number of aromatic nitrogens is 2. The van der Waals surface area contributed by atoms with Gasteiger partial charge in [-0.3, -0.25) is 4.57 Å². The van der Waals surface area contributed by atoms with Crippen molar-refractivity contribution >= 4 is 23.3 Å². The Morgan fingerprint density at radius 1 is 0.811 bits per heavy atom. The maximum Gasteiger partial charge on any atom is 0.174 e. The van der Waals surface area contributed by atoms with Crippen LogP contribution < -0.4 is 23.8 Å². The topological polar surface area (TPSA) is 162 Å². The smallest absolute Gasteiger partial charge is 0.174 e.